The van der Waals surface area contributed by atoms with Gasteiger partial charge in [-0.2, -0.15) is 0 Å². The van der Waals surface area contributed by atoms with Crippen LogP contribution in [0.25, 0.3) is 0 Å². The first-order valence-corrected chi connectivity index (χ1v) is 11.6. The van der Waals surface area contributed by atoms with Gasteiger partial charge in [0.25, 0.3) is 11.8 Å². The number of aromatic nitrogens is 1. The van der Waals surface area contributed by atoms with Gasteiger partial charge in [-0.1, -0.05) is 23.7 Å². The zero-order valence-electron chi connectivity index (χ0n) is 17.6. The largest absolute Gasteiger partial charge is 0.357 e. The van der Waals surface area contributed by atoms with Crippen LogP contribution in [0.2, 0.25) is 5.02 Å². The van der Waals surface area contributed by atoms with Crippen molar-refractivity contribution in [2.24, 2.45) is 0 Å². The van der Waals surface area contributed by atoms with Crippen LogP contribution in [0.1, 0.15) is 39.1 Å². The summed E-state index contributed by atoms with van der Waals surface area (Å²) in [5.41, 5.74) is 1.73. The highest BCUT2D eigenvalue weighted by atomic mass is 79.9. The Balaban J connectivity index is 1.49. The Morgan fingerprint density at radius 2 is 1.64 bits per heavy atom. The predicted octanol–water partition coefficient (Wildman–Crippen LogP) is 5.42. The molecule has 3 N–H and O–H groups in total. The summed E-state index contributed by atoms with van der Waals surface area (Å²) in [6.07, 6.45) is 3.76. The van der Waals surface area contributed by atoms with Crippen molar-refractivity contribution in [2.75, 3.05) is 23.7 Å². The van der Waals surface area contributed by atoms with Crippen molar-refractivity contribution in [3.63, 3.8) is 0 Å². The minimum atomic E-state index is -0.447. The van der Waals surface area contributed by atoms with E-state index in [4.69, 9.17) is 17.0 Å². The van der Waals surface area contributed by atoms with Gasteiger partial charge in [0.05, 0.1) is 11.3 Å². The molecule has 2 amide bonds. The fourth-order valence-electron chi connectivity index (χ4n) is 3.54. The smallest absolute Gasteiger partial charge is 0.258 e. The van der Waals surface area contributed by atoms with E-state index in [0.717, 1.165) is 36.0 Å². The van der Waals surface area contributed by atoms with Gasteiger partial charge in [0.2, 0.25) is 0 Å². The molecule has 1 aromatic heterocycles. The Morgan fingerprint density at radius 3 is 2.30 bits per heavy atom. The maximum absolute atomic E-state index is 12.8. The molecule has 1 aliphatic rings. The van der Waals surface area contributed by atoms with Gasteiger partial charge in [-0.15, -0.1) is 0 Å². The number of benzene rings is 2. The number of carbonyl (C=O) groups is 2. The van der Waals surface area contributed by atoms with Crippen LogP contribution in [0.4, 0.5) is 11.5 Å². The zero-order valence-corrected chi connectivity index (χ0v) is 19.9. The molecular weight excluding hydrogens is 506 g/mol. The molecular formula is C24H21BrClN5O2. The third-order valence-electron chi connectivity index (χ3n) is 5.29. The lowest BCUT2D eigenvalue weighted by molar-refractivity contribution is 0.102. The Kier molecular flexibility index (Phi) is 7.05. The van der Waals surface area contributed by atoms with Gasteiger partial charge in [0.1, 0.15) is 11.7 Å². The summed E-state index contributed by atoms with van der Waals surface area (Å²) >= 11 is 9.40. The van der Waals surface area contributed by atoms with Crippen LogP contribution in [0.15, 0.2) is 65.3 Å². The molecule has 0 unspecified atom stereocenters. The number of hydrogen-bond acceptors (Lipinski definition) is 4. The Hall–Kier alpha value is -3.23. The van der Waals surface area contributed by atoms with E-state index in [1.165, 1.54) is 6.07 Å². The summed E-state index contributed by atoms with van der Waals surface area (Å²) in [7, 11) is 0. The van der Waals surface area contributed by atoms with Crippen LogP contribution < -0.4 is 10.6 Å². The Labute approximate surface area is 204 Å². The highest BCUT2D eigenvalue weighted by molar-refractivity contribution is 9.10. The SMILES string of the molecule is N=C(c1ccc(C(=O)Nc2ccc(Cl)cc2C(=O)Nc2ccc(Br)cn2)cc1)N1CCCC1. The molecule has 0 saturated carbocycles. The number of hydrogen-bond donors (Lipinski definition) is 3. The maximum Gasteiger partial charge on any atom is 0.258 e. The second-order valence-corrected chi connectivity index (χ2v) is 8.93. The summed E-state index contributed by atoms with van der Waals surface area (Å²) < 4.78 is 0.790. The average molecular weight is 527 g/mol. The molecule has 1 saturated heterocycles. The van der Waals surface area contributed by atoms with Gasteiger partial charge >= 0.3 is 0 Å². The molecule has 2 aromatic carbocycles. The van der Waals surface area contributed by atoms with E-state index < -0.39 is 5.91 Å². The molecule has 168 valence electrons. The molecule has 9 heteroatoms. The molecule has 0 radical (unpaired) electrons. The van der Waals surface area contributed by atoms with E-state index in [9.17, 15) is 9.59 Å². The molecule has 2 heterocycles. The van der Waals surface area contributed by atoms with E-state index in [1.807, 2.05) is 4.90 Å². The summed E-state index contributed by atoms with van der Waals surface area (Å²) in [5.74, 6) is 0.0265. The normalized spacial score (nSPS) is 13.0. The highest BCUT2D eigenvalue weighted by Gasteiger charge is 2.18. The Morgan fingerprint density at radius 1 is 0.939 bits per heavy atom. The lowest BCUT2D eigenvalue weighted by Crippen LogP contribution is -2.27. The zero-order chi connectivity index (χ0) is 23.4. The molecule has 7 nitrogen and oxygen atoms in total. The monoisotopic (exact) mass is 525 g/mol. The number of pyridine rings is 1. The van der Waals surface area contributed by atoms with Crippen LogP contribution in [0, 0.1) is 5.41 Å². The molecule has 3 aromatic rings. The summed E-state index contributed by atoms with van der Waals surface area (Å²) in [6.45, 7) is 1.77. The fourth-order valence-corrected chi connectivity index (χ4v) is 3.95. The van der Waals surface area contributed by atoms with Gasteiger partial charge in [-0.05, 0) is 71.2 Å². The van der Waals surface area contributed by atoms with E-state index in [1.54, 1.807) is 54.7 Å². The van der Waals surface area contributed by atoms with Crippen LogP contribution in [0.5, 0.6) is 0 Å². The lowest BCUT2D eigenvalue weighted by Gasteiger charge is -2.18. The molecule has 1 fully saturated rings. The first-order chi connectivity index (χ1) is 15.9. The van der Waals surface area contributed by atoms with Gasteiger partial charge < -0.3 is 15.5 Å². The van der Waals surface area contributed by atoms with Crippen molar-refractivity contribution in [2.45, 2.75) is 12.8 Å². The number of amides is 2. The number of nitrogens with one attached hydrogen (secondary N) is 3. The number of likely N-dealkylation sites (tertiary alicyclic amines) is 1. The van der Waals surface area contributed by atoms with Crippen molar-refractivity contribution in [1.29, 1.82) is 5.41 Å². The minimum absolute atomic E-state index is 0.216. The van der Waals surface area contributed by atoms with E-state index in [2.05, 4.69) is 31.5 Å². The van der Waals surface area contributed by atoms with E-state index in [-0.39, 0.29) is 11.5 Å². The summed E-state index contributed by atoms with van der Waals surface area (Å²) in [4.78, 5) is 31.9. The molecule has 0 atom stereocenters. The van der Waals surface area contributed by atoms with Crippen LogP contribution >= 0.6 is 27.5 Å². The number of anilines is 2. The molecule has 1 aliphatic heterocycles. The standard InChI is InChI=1S/C24H21BrClN5O2/c25-17-7-10-21(28-14-17)30-24(33)19-13-18(26)8-9-20(19)29-23(32)16-5-3-15(4-6-16)22(27)31-11-1-2-12-31/h3-10,13-14,27H,1-2,11-12H2,(H,29,32)(H,28,30,33). The quantitative estimate of drug-likeness (QED) is 0.305. The number of amidine groups is 1. The van der Waals surface area contributed by atoms with Gasteiger partial charge in [-0.3, -0.25) is 15.0 Å². The minimum Gasteiger partial charge on any atom is -0.357 e. The van der Waals surface area contributed by atoms with Gasteiger partial charge in [0.15, 0.2) is 0 Å². The Bertz CT molecular complexity index is 1190. The number of halogens is 2. The van der Waals surface area contributed by atoms with Crippen molar-refractivity contribution < 1.29 is 9.59 Å². The lowest BCUT2D eigenvalue weighted by atomic mass is 10.1. The fraction of sp³-hybridized carbons (Fsp3) is 0.167. The van der Waals surface area contributed by atoms with Crippen LogP contribution in [0.3, 0.4) is 0 Å². The number of carbonyl (C=O) groups excluding carboxylic acids is 2. The third-order valence-corrected chi connectivity index (χ3v) is 5.99. The van der Waals surface area contributed by atoms with Crippen LogP contribution in [-0.4, -0.2) is 40.6 Å². The highest BCUT2D eigenvalue weighted by Crippen LogP contribution is 2.23. The average Bonchev–Trinajstić information content (AvgIpc) is 3.36. The van der Waals surface area contributed by atoms with E-state index in [0.29, 0.717) is 27.9 Å². The van der Waals surface area contributed by atoms with Crippen LogP contribution in [-0.2, 0) is 0 Å². The van der Waals surface area contributed by atoms with E-state index >= 15 is 0 Å². The van der Waals surface area contributed by atoms with Crippen molar-refractivity contribution >= 4 is 56.7 Å². The number of nitrogens with zero attached hydrogens (tertiary/aromatic N) is 2. The second kappa shape index (κ2) is 10.1. The predicted molar refractivity (Wildman–Crippen MR) is 133 cm³/mol. The molecule has 4 rings (SSSR count). The van der Waals surface area contributed by atoms with Crippen molar-refractivity contribution in [3.8, 4) is 0 Å². The second-order valence-electron chi connectivity index (χ2n) is 7.58. The summed E-state index contributed by atoms with van der Waals surface area (Å²) in [5, 5.41) is 14.2. The number of rotatable bonds is 5. The first kappa shape index (κ1) is 22.9. The van der Waals surface area contributed by atoms with Gasteiger partial charge in [0, 0.05) is 39.9 Å². The molecule has 33 heavy (non-hydrogen) atoms. The van der Waals surface area contributed by atoms with Crippen molar-refractivity contribution in [3.05, 3.63) is 87.0 Å². The molecule has 0 bridgehead atoms. The first-order valence-electron chi connectivity index (χ1n) is 10.4. The maximum atomic E-state index is 12.8. The molecule has 0 aliphatic carbocycles. The van der Waals surface area contributed by atoms with Crippen molar-refractivity contribution in [1.82, 2.24) is 9.88 Å². The third kappa shape index (κ3) is 5.58. The topological polar surface area (TPSA) is 98.2 Å². The molecule has 0 spiro atoms. The van der Waals surface area contributed by atoms with Gasteiger partial charge in [-0.25, -0.2) is 4.98 Å². The summed E-state index contributed by atoms with van der Waals surface area (Å²) in [6, 6.07) is 15.0.